The maximum absolute atomic E-state index is 13.8. The summed E-state index contributed by atoms with van der Waals surface area (Å²) in [6, 6.07) is 18.7. The third kappa shape index (κ3) is 3.84. The van der Waals surface area contributed by atoms with Gasteiger partial charge in [0.15, 0.2) is 5.78 Å². The Morgan fingerprint density at radius 3 is 2.59 bits per heavy atom. The summed E-state index contributed by atoms with van der Waals surface area (Å²) in [6.45, 7) is 1.91. The number of para-hydroxylation sites is 1. The first-order chi connectivity index (χ1) is 18.0. The first-order valence-electron chi connectivity index (χ1n) is 12.1. The second kappa shape index (κ2) is 9.05. The van der Waals surface area contributed by atoms with Gasteiger partial charge >= 0.3 is 5.97 Å². The SMILES string of the molecule is COc1ccc([C@H]2C3=C(C[C@@H](c4cccs4)CC3=O)Nc3c2c(C)nn3-c2ccccc2C(=O)O)cc1. The number of fused-ring (bicyclic) bond motifs is 1. The highest BCUT2D eigenvalue weighted by Gasteiger charge is 2.41. The largest absolute Gasteiger partial charge is 0.497 e. The van der Waals surface area contributed by atoms with Crippen molar-refractivity contribution in [2.24, 2.45) is 0 Å². The van der Waals surface area contributed by atoms with Crippen LogP contribution in [0.3, 0.4) is 0 Å². The number of ether oxygens (including phenoxy) is 1. The molecule has 0 spiro atoms. The van der Waals surface area contributed by atoms with Gasteiger partial charge in [-0.05, 0) is 54.6 Å². The normalized spacial score (nSPS) is 18.7. The highest BCUT2D eigenvalue weighted by molar-refractivity contribution is 7.10. The first kappa shape index (κ1) is 23.2. The van der Waals surface area contributed by atoms with Gasteiger partial charge in [0.25, 0.3) is 0 Å². The predicted octanol–water partition coefficient (Wildman–Crippen LogP) is 5.91. The fourth-order valence-corrected chi connectivity index (χ4v) is 6.38. The van der Waals surface area contributed by atoms with Gasteiger partial charge in [-0.15, -0.1) is 11.3 Å². The molecule has 0 fully saturated rings. The number of carboxylic acids is 1. The number of rotatable bonds is 5. The number of anilines is 1. The van der Waals surface area contributed by atoms with E-state index in [9.17, 15) is 14.7 Å². The van der Waals surface area contributed by atoms with E-state index >= 15 is 0 Å². The number of carbonyl (C=O) groups excluding carboxylic acids is 1. The second-order valence-corrected chi connectivity index (χ2v) is 10.3. The van der Waals surface area contributed by atoms with E-state index in [0.29, 0.717) is 24.3 Å². The molecule has 1 aliphatic carbocycles. The van der Waals surface area contributed by atoms with Gasteiger partial charge in [0, 0.05) is 40.0 Å². The van der Waals surface area contributed by atoms with Crippen LogP contribution in [-0.2, 0) is 4.79 Å². The molecule has 4 aromatic rings. The summed E-state index contributed by atoms with van der Waals surface area (Å²) in [5.74, 6) is 0.315. The van der Waals surface area contributed by atoms with E-state index in [-0.39, 0.29) is 23.2 Å². The molecule has 2 atom stereocenters. The molecule has 2 aromatic carbocycles. The number of Topliss-reactive ketones (excluding diaryl/α,β-unsaturated/α-hetero) is 1. The number of aromatic carboxylic acids is 1. The standard InChI is InChI=1S/C29H25N3O4S/c1-16-25-26(17-9-11-19(36-2)12-10-17)27-21(14-18(15-23(27)33)24-8-5-13-37-24)30-28(25)32(31-16)22-7-4-3-6-20(22)29(34)35/h3-13,18,26,30H,14-15H2,1-2H3,(H,34,35)/t18-,26-/m1/s1. The van der Waals surface area contributed by atoms with Crippen molar-refractivity contribution in [3.05, 3.63) is 105 Å². The highest BCUT2D eigenvalue weighted by atomic mass is 32.1. The number of aromatic nitrogens is 2. The Kier molecular flexibility index (Phi) is 5.68. The van der Waals surface area contributed by atoms with E-state index in [1.165, 1.54) is 4.88 Å². The van der Waals surface area contributed by atoms with Crippen molar-refractivity contribution in [1.82, 2.24) is 9.78 Å². The number of aryl methyl sites for hydroxylation is 1. The van der Waals surface area contributed by atoms with Crippen LogP contribution in [0, 0.1) is 6.92 Å². The zero-order chi connectivity index (χ0) is 25.7. The van der Waals surface area contributed by atoms with E-state index in [4.69, 9.17) is 9.84 Å². The van der Waals surface area contributed by atoms with Gasteiger partial charge in [-0.1, -0.05) is 30.3 Å². The van der Waals surface area contributed by atoms with Gasteiger partial charge in [0.2, 0.25) is 0 Å². The van der Waals surface area contributed by atoms with Crippen LogP contribution >= 0.6 is 11.3 Å². The summed E-state index contributed by atoms with van der Waals surface area (Å²) in [6.07, 6.45) is 1.15. The molecule has 0 unspecified atom stereocenters. The maximum Gasteiger partial charge on any atom is 0.337 e. The third-order valence-electron chi connectivity index (χ3n) is 7.22. The Balaban J connectivity index is 1.55. The number of carbonyl (C=O) groups is 2. The monoisotopic (exact) mass is 511 g/mol. The highest BCUT2D eigenvalue weighted by Crippen LogP contribution is 2.50. The van der Waals surface area contributed by atoms with Crippen LogP contribution in [0.1, 0.15) is 56.7 Å². The van der Waals surface area contributed by atoms with Gasteiger partial charge in [0.1, 0.15) is 11.6 Å². The molecule has 2 aliphatic rings. The van der Waals surface area contributed by atoms with Crippen molar-refractivity contribution in [3.63, 3.8) is 0 Å². The van der Waals surface area contributed by atoms with Crippen molar-refractivity contribution in [2.75, 3.05) is 12.4 Å². The molecule has 0 amide bonds. The van der Waals surface area contributed by atoms with Crippen molar-refractivity contribution in [3.8, 4) is 11.4 Å². The van der Waals surface area contributed by atoms with Crippen LogP contribution in [0.2, 0.25) is 0 Å². The lowest BCUT2D eigenvalue weighted by molar-refractivity contribution is -0.116. The van der Waals surface area contributed by atoms with E-state index < -0.39 is 5.97 Å². The molecule has 1 aliphatic heterocycles. The summed E-state index contributed by atoms with van der Waals surface area (Å²) in [4.78, 5) is 27.0. The second-order valence-electron chi connectivity index (χ2n) is 9.35. The summed E-state index contributed by atoms with van der Waals surface area (Å²) >= 11 is 1.67. The molecule has 0 radical (unpaired) electrons. The van der Waals surface area contributed by atoms with Crippen LogP contribution in [0.15, 0.2) is 77.3 Å². The van der Waals surface area contributed by atoms with Crippen LogP contribution in [0.4, 0.5) is 5.82 Å². The van der Waals surface area contributed by atoms with Crippen LogP contribution in [0.25, 0.3) is 5.69 Å². The first-order valence-corrected chi connectivity index (χ1v) is 13.0. The Morgan fingerprint density at radius 1 is 1.11 bits per heavy atom. The molecule has 0 saturated heterocycles. The Bertz CT molecular complexity index is 1550. The van der Waals surface area contributed by atoms with E-state index in [2.05, 4.69) is 11.4 Å². The average molecular weight is 512 g/mol. The number of ketones is 1. The van der Waals surface area contributed by atoms with Crippen molar-refractivity contribution in [1.29, 1.82) is 0 Å². The number of methoxy groups -OCH3 is 1. The molecule has 0 bridgehead atoms. The lowest BCUT2D eigenvalue weighted by Gasteiger charge is -2.35. The Labute approximate surface area is 218 Å². The molecular weight excluding hydrogens is 486 g/mol. The van der Waals surface area contributed by atoms with Gasteiger partial charge in [0.05, 0.1) is 24.1 Å². The maximum atomic E-state index is 13.8. The molecule has 2 aromatic heterocycles. The summed E-state index contributed by atoms with van der Waals surface area (Å²) in [5.41, 5.74) is 4.85. The number of nitrogens with one attached hydrogen (secondary N) is 1. The number of benzene rings is 2. The Hall–Kier alpha value is -4.17. The minimum atomic E-state index is -1.02. The van der Waals surface area contributed by atoms with Crippen molar-refractivity contribution in [2.45, 2.75) is 31.6 Å². The number of nitrogens with zero attached hydrogens (tertiary/aromatic N) is 2. The minimum Gasteiger partial charge on any atom is -0.497 e. The van der Waals surface area contributed by atoms with Crippen molar-refractivity contribution < 1.29 is 19.4 Å². The molecule has 7 nitrogen and oxygen atoms in total. The number of hydrogen-bond acceptors (Lipinski definition) is 6. The summed E-state index contributed by atoms with van der Waals surface area (Å²) in [5, 5.41) is 20.2. The van der Waals surface area contributed by atoms with Gasteiger partial charge in [-0.25, -0.2) is 9.48 Å². The molecule has 8 heteroatoms. The summed E-state index contributed by atoms with van der Waals surface area (Å²) in [7, 11) is 1.63. The quantitative estimate of drug-likeness (QED) is 0.346. The third-order valence-corrected chi connectivity index (χ3v) is 8.25. The predicted molar refractivity (Wildman–Crippen MR) is 142 cm³/mol. The van der Waals surface area contributed by atoms with Gasteiger partial charge < -0.3 is 15.2 Å². The topological polar surface area (TPSA) is 93.5 Å². The van der Waals surface area contributed by atoms with E-state index in [1.54, 1.807) is 47.4 Å². The van der Waals surface area contributed by atoms with Gasteiger partial charge in [-0.3, -0.25) is 4.79 Å². The number of hydrogen-bond donors (Lipinski definition) is 2. The zero-order valence-electron chi connectivity index (χ0n) is 20.4. The number of thiophene rings is 1. The van der Waals surface area contributed by atoms with Crippen LogP contribution in [-0.4, -0.2) is 33.7 Å². The fraction of sp³-hybridized carbons (Fsp3) is 0.207. The van der Waals surface area contributed by atoms with E-state index in [0.717, 1.165) is 33.8 Å². The molecule has 3 heterocycles. The molecule has 0 saturated carbocycles. The minimum absolute atomic E-state index is 0.0978. The fourth-order valence-electron chi connectivity index (χ4n) is 5.54. The van der Waals surface area contributed by atoms with Crippen LogP contribution in [0.5, 0.6) is 5.75 Å². The average Bonchev–Trinajstić information content (AvgIpc) is 3.56. The van der Waals surface area contributed by atoms with Crippen LogP contribution < -0.4 is 10.1 Å². The van der Waals surface area contributed by atoms with Crippen molar-refractivity contribution >= 4 is 28.9 Å². The molecule has 186 valence electrons. The molecule has 2 N–H and O–H groups in total. The number of carboxylic acid groups (broad SMARTS) is 1. The number of allylic oxidation sites excluding steroid dienone is 2. The van der Waals surface area contributed by atoms with E-state index in [1.807, 2.05) is 42.6 Å². The summed E-state index contributed by atoms with van der Waals surface area (Å²) < 4.78 is 7.04. The van der Waals surface area contributed by atoms with Gasteiger partial charge in [-0.2, -0.15) is 5.10 Å². The Morgan fingerprint density at radius 2 is 1.89 bits per heavy atom. The zero-order valence-corrected chi connectivity index (χ0v) is 21.2. The molecule has 37 heavy (non-hydrogen) atoms. The molecular formula is C29H25N3O4S. The molecule has 6 rings (SSSR count). The lowest BCUT2D eigenvalue weighted by Crippen LogP contribution is -2.30. The lowest BCUT2D eigenvalue weighted by atomic mass is 9.73. The smallest absolute Gasteiger partial charge is 0.337 e.